The maximum Gasteiger partial charge on any atom is 0.0720 e. The molecule has 0 radical (unpaired) electrons. The Morgan fingerprint density at radius 2 is 2.16 bits per heavy atom. The molecule has 4 nitrogen and oxygen atoms in total. The van der Waals surface area contributed by atoms with Gasteiger partial charge in [0.2, 0.25) is 0 Å². The minimum atomic E-state index is 0.454. The third-order valence-electron chi connectivity index (χ3n) is 3.84. The van der Waals surface area contributed by atoms with E-state index < -0.39 is 0 Å². The number of rotatable bonds is 3. The van der Waals surface area contributed by atoms with Gasteiger partial charge >= 0.3 is 0 Å². The van der Waals surface area contributed by atoms with Gasteiger partial charge < -0.3 is 5.32 Å². The molecule has 1 saturated carbocycles. The lowest BCUT2D eigenvalue weighted by Crippen LogP contribution is -2.34. The highest BCUT2D eigenvalue weighted by Gasteiger charge is 2.26. The number of pyridine rings is 1. The van der Waals surface area contributed by atoms with Crippen LogP contribution in [0.3, 0.4) is 0 Å². The zero-order chi connectivity index (χ0) is 13.1. The van der Waals surface area contributed by atoms with Crippen LogP contribution in [-0.4, -0.2) is 20.8 Å². The molecule has 2 unspecified atom stereocenters. The van der Waals surface area contributed by atoms with Crippen molar-refractivity contribution in [2.75, 3.05) is 5.32 Å². The van der Waals surface area contributed by atoms with Crippen LogP contribution in [-0.2, 0) is 0 Å². The molecule has 0 bridgehead atoms. The lowest BCUT2D eigenvalue weighted by atomic mass is 9.90. The first-order valence-electron chi connectivity index (χ1n) is 7.01. The number of nitrogens with one attached hydrogen (secondary N) is 1. The summed E-state index contributed by atoms with van der Waals surface area (Å²) in [6, 6.07) is 7.06. The van der Waals surface area contributed by atoms with E-state index in [2.05, 4.69) is 32.3 Å². The van der Waals surface area contributed by atoms with E-state index in [-0.39, 0.29) is 0 Å². The summed E-state index contributed by atoms with van der Waals surface area (Å²) >= 11 is 0. The predicted octanol–water partition coefficient (Wildman–Crippen LogP) is 3.18. The molecule has 2 atom stereocenters. The maximum atomic E-state index is 4.41. The van der Waals surface area contributed by atoms with Crippen molar-refractivity contribution in [3.63, 3.8) is 0 Å². The molecule has 0 amide bonds. The van der Waals surface area contributed by atoms with Gasteiger partial charge in [-0.2, -0.15) is 5.10 Å². The maximum absolute atomic E-state index is 4.41. The molecule has 2 heterocycles. The van der Waals surface area contributed by atoms with E-state index in [0.717, 1.165) is 11.4 Å². The minimum absolute atomic E-state index is 0.454. The third-order valence-corrected chi connectivity index (χ3v) is 3.84. The Hall–Kier alpha value is -1.84. The Labute approximate surface area is 113 Å². The average molecular weight is 256 g/mol. The van der Waals surface area contributed by atoms with Gasteiger partial charge in [-0.05, 0) is 38.0 Å². The van der Waals surface area contributed by atoms with Crippen molar-refractivity contribution in [2.24, 2.45) is 0 Å². The number of hydrogen-bond acceptors (Lipinski definition) is 3. The molecule has 0 aromatic carbocycles. The van der Waals surface area contributed by atoms with E-state index in [1.54, 1.807) is 0 Å². The molecule has 2 aromatic heterocycles. The summed E-state index contributed by atoms with van der Waals surface area (Å²) in [5.41, 5.74) is 2.22. The summed E-state index contributed by atoms with van der Waals surface area (Å²) < 4.78 is 2.10. The first kappa shape index (κ1) is 12.2. The summed E-state index contributed by atoms with van der Waals surface area (Å²) in [5.74, 6) is 0. The lowest BCUT2D eigenvalue weighted by molar-refractivity contribution is 0.301. The molecule has 4 heteroatoms. The average Bonchev–Trinajstić information content (AvgIpc) is 2.93. The van der Waals surface area contributed by atoms with Crippen LogP contribution in [0, 0.1) is 6.92 Å². The van der Waals surface area contributed by atoms with E-state index in [1.807, 2.05) is 31.5 Å². The van der Waals surface area contributed by atoms with Crippen molar-refractivity contribution in [3.05, 3.63) is 42.5 Å². The zero-order valence-corrected chi connectivity index (χ0v) is 11.3. The monoisotopic (exact) mass is 256 g/mol. The molecule has 1 N–H and O–H groups in total. The van der Waals surface area contributed by atoms with Crippen LogP contribution in [0.25, 0.3) is 0 Å². The van der Waals surface area contributed by atoms with E-state index >= 15 is 0 Å². The Morgan fingerprint density at radius 1 is 1.26 bits per heavy atom. The standard InChI is InChI=1S/C15H20N4/c1-12-11-13(7-9-16-12)18-14-5-2-3-6-15(14)19-10-4-8-17-19/h4,7-11,14-15H,2-3,5-6H2,1H3,(H,16,18). The summed E-state index contributed by atoms with van der Waals surface area (Å²) in [6.45, 7) is 2.02. The van der Waals surface area contributed by atoms with Crippen LogP contribution >= 0.6 is 0 Å². The number of aromatic nitrogens is 3. The quantitative estimate of drug-likeness (QED) is 0.917. The SMILES string of the molecule is Cc1cc(NC2CCCCC2n2cccn2)ccn1. The molecule has 0 aliphatic heterocycles. The molecule has 1 aliphatic carbocycles. The van der Waals surface area contributed by atoms with Gasteiger partial charge in [-0.15, -0.1) is 0 Å². The van der Waals surface area contributed by atoms with Gasteiger partial charge in [0.1, 0.15) is 0 Å². The molecule has 19 heavy (non-hydrogen) atoms. The normalized spacial score (nSPS) is 23.2. The van der Waals surface area contributed by atoms with Gasteiger partial charge in [0.25, 0.3) is 0 Å². The molecule has 2 aromatic rings. The minimum Gasteiger partial charge on any atom is -0.380 e. The Bertz CT molecular complexity index is 521. The Kier molecular flexibility index (Phi) is 3.49. The van der Waals surface area contributed by atoms with Gasteiger partial charge in [-0.1, -0.05) is 12.8 Å². The fraction of sp³-hybridized carbons (Fsp3) is 0.467. The second-order valence-electron chi connectivity index (χ2n) is 5.27. The van der Waals surface area contributed by atoms with Gasteiger partial charge in [-0.25, -0.2) is 0 Å². The van der Waals surface area contributed by atoms with Crippen LogP contribution < -0.4 is 5.32 Å². The van der Waals surface area contributed by atoms with Crippen molar-refractivity contribution in [3.8, 4) is 0 Å². The van der Waals surface area contributed by atoms with Crippen LogP contribution in [0.1, 0.15) is 37.4 Å². The van der Waals surface area contributed by atoms with Crippen LogP contribution in [0.5, 0.6) is 0 Å². The number of anilines is 1. The van der Waals surface area contributed by atoms with E-state index in [9.17, 15) is 0 Å². The summed E-state index contributed by atoms with van der Waals surface area (Å²) in [6.07, 6.45) is 10.8. The molecule has 100 valence electrons. The van der Waals surface area contributed by atoms with Crippen LogP contribution in [0.4, 0.5) is 5.69 Å². The van der Waals surface area contributed by atoms with Crippen LogP contribution in [0.2, 0.25) is 0 Å². The Balaban J connectivity index is 1.77. The molecular formula is C15H20N4. The first-order chi connectivity index (χ1) is 9.33. The van der Waals surface area contributed by atoms with Crippen molar-refractivity contribution in [1.29, 1.82) is 0 Å². The van der Waals surface area contributed by atoms with Gasteiger partial charge in [0.05, 0.1) is 6.04 Å². The number of nitrogens with zero attached hydrogens (tertiary/aromatic N) is 3. The largest absolute Gasteiger partial charge is 0.380 e. The lowest BCUT2D eigenvalue weighted by Gasteiger charge is -2.33. The van der Waals surface area contributed by atoms with Crippen molar-refractivity contribution >= 4 is 5.69 Å². The smallest absolute Gasteiger partial charge is 0.0720 e. The molecule has 0 spiro atoms. The van der Waals surface area contributed by atoms with Crippen LogP contribution in [0.15, 0.2) is 36.8 Å². The van der Waals surface area contributed by atoms with Gasteiger partial charge in [0, 0.05) is 36.0 Å². The topological polar surface area (TPSA) is 42.7 Å². The van der Waals surface area contributed by atoms with Gasteiger partial charge in [0.15, 0.2) is 0 Å². The highest BCUT2D eigenvalue weighted by molar-refractivity contribution is 5.44. The van der Waals surface area contributed by atoms with Crippen molar-refractivity contribution in [2.45, 2.75) is 44.7 Å². The van der Waals surface area contributed by atoms with Crippen molar-refractivity contribution in [1.82, 2.24) is 14.8 Å². The molecular weight excluding hydrogens is 236 g/mol. The summed E-state index contributed by atoms with van der Waals surface area (Å²) in [7, 11) is 0. The van der Waals surface area contributed by atoms with E-state index in [0.29, 0.717) is 12.1 Å². The van der Waals surface area contributed by atoms with E-state index in [1.165, 1.54) is 25.7 Å². The fourth-order valence-corrected chi connectivity index (χ4v) is 2.92. The number of hydrogen-bond donors (Lipinski definition) is 1. The number of aryl methyl sites for hydroxylation is 1. The van der Waals surface area contributed by atoms with E-state index in [4.69, 9.17) is 0 Å². The fourth-order valence-electron chi connectivity index (χ4n) is 2.92. The second kappa shape index (κ2) is 5.43. The molecule has 3 rings (SSSR count). The highest BCUT2D eigenvalue weighted by atomic mass is 15.3. The first-order valence-corrected chi connectivity index (χ1v) is 7.01. The summed E-state index contributed by atoms with van der Waals surface area (Å²) in [4.78, 5) is 4.24. The zero-order valence-electron chi connectivity index (χ0n) is 11.3. The molecule has 1 fully saturated rings. The molecule has 1 aliphatic rings. The molecule has 0 saturated heterocycles. The third kappa shape index (κ3) is 2.78. The van der Waals surface area contributed by atoms with Crippen molar-refractivity contribution < 1.29 is 0 Å². The predicted molar refractivity (Wildman–Crippen MR) is 76.1 cm³/mol. The van der Waals surface area contributed by atoms with Gasteiger partial charge in [-0.3, -0.25) is 9.67 Å². The highest BCUT2D eigenvalue weighted by Crippen LogP contribution is 2.30. The Morgan fingerprint density at radius 3 is 2.95 bits per heavy atom. The summed E-state index contributed by atoms with van der Waals surface area (Å²) in [5, 5.41) is 8.07. The second-order valence-corrected chi connectivity index (χ2v) is 5.27.